The van der Waals surface area contributed by atoms with Crippen molar-refractivity contribution < 1.29 is 4.79 Å². The minimum Gasteiger partial charge on any atom is -0.352 e. The summed E-state index contributed by atoms with van der Waals surface area (Å²) in [5.41, 5.74) is 1.52. The Morgan fingerprint density at radius 2 is 2.39 bits per heavy atom. The van der Waals surface area contributed by atoms with Gasteiger partial charge in [0.25, 0.3) is 5.91 Å². The van der Waals surface area contributed by atoms with E-state index in [0.717, 1.165) is 25.1 Å². The van der Waals surface area contributed by atoms with Crippen molar-refractivity contribution in [3.63, 3.8) is 0 Å². The molecule has 0 aliphatic carbocycles. The molecule has 2 heterocycles. The number of carbonyl (C=O) groups excluding carboxylic acids is 1. The van der Waals surface area contributed by atoms with Crippen molar-refractivity contribution in [1.82, 2.24) is 25.4 Å². The highest BCUT2D eigenvalue weighted by Crippen LogP contribution is 2.18. The molecule has 1 fully saturated rings. The van der Waals surface area contributed by atoms with E-state index in [9.17, 15) is 4.79 Å². The van der Waals surface area contributed by atoms with Crippen LogP contribution in [0, 0.1) is 5.92 Å². The average molecular weight is 313 g/mol. The molecule has 6 nitrogen and oxygen atoms in total. The number of carbonyl (C=O) groups is 1. The van der Waals surface area contributed by atoms with E-state index in [0.29, 0.717) is 17.3 Å². The van der Waals surface area contributed by atoms with Crippen molar-refractivity contribution >= 4 is 5.91 Å². The molecule has 0 radical (unpaired) electrons. The predicted molar refractivity (Wildman–Crippen MR) is 89.0 cm³/mol. The minimum atomic E-state index is -0.0319. The molecule has 0 saturated carbocycles. The van der Waals surface area contributed by atoms with E-state index < -0.39 is 0 Å². The van der Waals surface area contributed by atoms with Gasteiger partial charge >= 0.3 is 0 Å². The van der Waals surface area contributed by atoms with E-state index >= 15 is 0 Å². The molecule has 6 heteroatoms. The smallest absolute Gasteiger partial charge is 0.251 e. The van der Waals surface area contributed by atoms with Gasteiger partial charge in [-0.1, -0.05) is 12.1 Å². The number of amides is 1. The van der Waals surface area contributed by atoms with Gasteiger partial charge in [-0.2, -0.15) is 5.10 Å². The Hall–Kier alpha value is -2.21. The number of rotatable bonds is 5. The zero-order valence-electron chi connectivity index (χ0n) is 13.5. The number of hydrogen-bond donors (Lipinski definition) is 2. The van der Waals surface area contributed by atoms with Gasteiger partial charge in [-0.05, 0) is 50.9 Å². The second-order valence-corrected chi connectivity index (χ2v) is 6.23. The summed E-state index contributed by atoms with van der Waals surface area (Å²) in [5.74, 6) is 1.33. The molecule has 1 aliphatic rings. The highest BCUT2D eigenvalue weighted by Gasteiger charge is 2.17. The summed E-state index contributed by atoms with van der Waals surface area (Å²) in [6, 6.07) is 7.44. The van der Waals surface area contributed by atoms with Gasteiger partial charge in [0.15, 0.2) is 5.82 Å². The Morgan fingerprint density at radius 3 is 3.17 bits per heavy atom. The van der Waals surface area contributed by atoms with Crippen molar-refractivity contribution in [2.45, 2.75) is 19.3 Å². The zero-order valence-corrected chi connectivity index (χ0v) is 13.5. The molecule has 3 rings (SSSR count). The lowest BCUT2D eigenvalue weighted by atomic mass is 9.95. The minimum absolute atomic E-state index is 0.0319. The molecule has 1 atom stereocenters. The van der Waals surface area contributed by atoms with Crippen LogP contribution in [0.25, 0.3) is 11.4 Å². The first-order chi connectivity index (χ1) is 11.2. The topological polar surface area (TPSA) is 73.9 Å². The fraction of sp³-hybridized carbons (Fsp3) is 0.471. The van der Waals surface area contributed by atoms with Gasteiger partial charge in [0.05, 0.1) is 0 Å². The molecule has 2 aromatic rings. The summed E-state index contributed by atoms with van der Waals surface area (Å²) < 4.78 is 0. The van der Waals surface area contributed by atoms with Crippen LogP contribution in [0.3, 0.4) is 0 Å². The summed E-state index contributed by atoms with van der Waals surface area (Å²) in [6.07, 6.45) is 5.02. The van der Waals surface area contributed by atoms with E-state index in [1.807, 2.05) is 24.3 Å². The molecule has 23 heavy (non-hydrogen) atoms. The third kappa shape index (κ3) is 4.16. The number of benzene rings is 1. The molecule has 0 unspecified atom stereocenters. The SMILES string of the molecule is CN1CCC[C@H](CCNC(=O)c2cccc(-c3ncn[nH]3)c2)C1. The monoisotopic (exact) mass is 313 g/mol. The first-order valence-corrected chi connectivity index (χ1v) is 8.15. The van der Waals surface area contributed by atoms with E-state index in [4.69, 9.17) is 0 Å². The first kappa shape index (κ1) is 15.7. The lowest BCUT2D eigenvalue weighted by Gasteiger charge is -2.29. The molecule has 1 aromatic carbocycles. The fourth-order valence-corrected chi connectivity index (χ4v) is 3.15. The number of H-pyrrole nitrogens is 1. The average Bonchev–Trinajstić information content (AvgIpc) is 3.09. The van der Waals surface area contributed by atoms with Gasteiger partial charge < -0.3 is 10.2 Å². The maximum atomic E-state index is 12.3. The van der Waals surface area contributed by atoms with E-state index in [1.54, 1.807) is 0 Å². The number of nitrogens with one attached hydrogen (secondary N) is 2. The van der Waals surface area contributed by atoms with E-state index in [2.05, 4.69) is 32.4 Å². The Morgan fingerprint density at radius 1 is 1.48 bits per heavy atom. The lowest BCUT2D eigenvalue weighted by molar-refractivity contribution is 0.0948. The van der Waals surface area contributed by atoms with Gasteiger partial charge in [0.1, 0.15) is 6.33 Å². The van der Waals surface area contributed by atoms with Gasteiger partial charge in [-0.25, -0.2) is 4.98 Å². The largest absolute Gasteiger partial charge is 0.352 e. The molecule has 2 N–H and O–H groups in total. The molecular weight excluding hydrogens is 290 g/mol. The van der Waals surface area contributed by atoms with Crippen LogP contribution in [0.4, 0.5) is 0 Å². The molecule has 1 amide bonds. The number of aromatic nitrogens is 3. The molecule has 122 valence electrons. The highest BCUT2D eigenvalue weighted by atomic mass is 16.1. The Bertz CT molecular complexity index is 640. The number of piperidine rings is 1. The fourth-order valence-electron chi connectivity index (χ4n) is 3.15. The van der Waals surface area contributed by atoms with Crippen molar-refractivity contribution in [2.75, 3.05) is 26.7 Å². The Labute approximate surface area is 136 Å². The van der Waals surface area contributed by atoms with Crippen molar-refractivity contribution in [2.24, 2.45) is 5.92 Å². The standard InChI is InChI=1S/C17H23N5O/c1-22-9-3-4-13(11-22)7-8-18-17(23)15-6-2-5-14(10-15)16-19-12-20-21-16/h2,5-6,10,12-13H,3-4,7-9,11H2,1H3,(H,18,23)(H,19,20,21)/t13-/m1/s1. The Balaban J connectivity index is 1.53. The van der Waals surface area contributed by atoms with Crippen LogP contribution in [0.15, 0.2) is 30.6 Å². The van der Waals surface area contributed by atoms with Crippen LogP contribution >= 0.6 is 0 Å². The van der Waals surface area contributed by atoms with Crippen molar-refractivity contribution in [1.29, 1.82) is 0 Å². The maximum absolute atomic E-state index is 12.3. The second-order valence-electron chi connectivity index (χ2n) is 6.23. The van der Waals surface area contributed by atoms with Crippen LogP contribution in [-0.2, 0) is 0 Å². The molecule has 1 saturated heterocycles. The molecule has 1 aliphatic heterocycles. The normalized spacial score (nSPS) is 18.7. The summed E-state index contributed by atoms with van der Waals surface area (Å²) in [7, 11) is 2.17. The van der Waals surface area contributed by atoms with Gasteiger partial charge in [0.2, 0.25) is 0 Å². The van der Waals surface area contributed by atoms with E-state index in [1.165, 1.54) is 25.7 Å². The number of likely N-dealkylation sites (tertiary alicyclic amines) is 1. The van der Waals surface area contributed by atoms with Crippen LogP contribution in [0.2, 0.25) is 0 Å². The third-order valence-electron chi connectivity index (χ3n) is 4.37. The maximum Gasteiger partial charge on any atom is 0.251 e. The number of hydrogen-bond acceptors (Lipinski definition) is 4. The predicted octanol–water partition coefficient (Wildman–Crippen LogP) is 1.93. The van der Waals surface area contributed by atoms with Gasteiger partial charge in [-0.3, -0.25) is 9.89 Å². The van der Waals surface area contributed by atoms with Crippen LogP contribution in [0.5, 0.6) is 0 Å². The molecule has 0 spiro atoms. The third-order valence-corrected chi connectivity index (χ3v) is 4.37. The van der Waals surface area contributed by atoms with Crippen molar-refractivity contribution in [3.05, 3.63) is 36.2 Å². The summed E-state index contributed by atoms with van der Waals surface area (Å²) in [6.45, 7) is 3.05. The van der Waals surface area contributed by atoms with Crippen LogP contribution < -0.4 is 5.32 Å². The number of aromatic amines is 1. The van der Waals surface area contributed by atoms with Crippen molar-refractivity contribution in [3.8, 4) is 11.4 Å². The van der Waals surface area contributed by atoms with Gasteiger partial charge in [-0.15, -0.1) is 0 Å². The summed E-state index contributed by atoms with van der Waals surface area (Å²) in [4.78, 5) is 18.8. The summed E-state index contributed by atoms with van der Waals surface area (Å²) in [5, 5.41) is 9.68. The first-order valence-electron chi connectivity index (χ1n) is 8.15. The van der Waals surface area contributed by atoms with Gasteiger partial charge in [0, 0.05) is 24.2 Å². The molecule has 1 aromatic heterocycles. The second kappa shape index (κ2) is 7.37. The summed E-state index contributed by atoms with van der Waals surface area (Å²) >= 11 is 0. The quantitative estimate of drug-likeness (QED) is 0.884. The zero-order chi connectivity index (χ0) is 16.1. The van der Waals surface area contributed by atoms with E-state index in [-0.39, 0.29) is 5.91 Å². The lowest BCUT2D eigenvalue weighted by Crippen LogP contribution is -2.34. The molecular formula is C17H23N5O. The van der Waals surface area contributed by atoms with Crippen LogP contribution in [-0.4, -0.2) is 52.7 Å². The van der Waals surface area contributed by atoms with Crippen LogP contribution in [0.1, 0.15) is 29.6 Å². The molecule has 0 bridgehead atoms. The Kier molecular flexibility index (Phi) is 5.02. The number of nitrogens with zero attached hydrogens (tertiary/aromatic N) is 3. The highest BCUT2D eigenvalue weighted by molar-refractivity contribution is 5.95.